The maximum absolute atomic E-state index is 12.1. The van der Waals surface area contributed by atoms with Gasteiger partial charge in [-0.05, 0) is 28.3 Å². The molecule has 4 rings (SSSR count). The van der Waals surface area contributed by atoms with Gasteiger partial charge in [-0.15, -0.1) is 11.3 Å². The summed E-state index contributed by atoms with van der Waals surface area (Å²) < 4.78 is 10.7. The van der Waals surface area contributed by atoms with Gasteiger partial charge in [0.2, 0.25) is 0 Å². The van der Waals surface area contributed by atoms with Gasteiger partial charge in [-0.2, -0.15) is 0 Å². The van der Waals surface area contributed by atoms with Crippen molar-refractivity contribution in [1.29, 1.82) is 0 Å². The normalized spacial score (nSPS) is 11.0. The maximum atomic E-state index is 12.1. The predicted molar refractivity (Wildman–Crippen MR) is 97.8 cm³/mol. The molecule has 2 aromatic heterocycles. The summed E-state index contributed by atoms with van der Waals surface area (Å²) in [4.78, 5) is 24.8. The summed E-state index contributed by atoms with van der Waals surface area (Å²) in [6.45, 7) is 0.0420. The number of ether oxygens (including phenoxy) is 1. The van der Waals surface area contributed by atoms with E-state index in [0.29, 0.717) is 11.1 Å². The highest BCUT2D eigenvalue weighted by molar-refractivity contribution is 7.10. The van der Waals surface area contributed by atoms with Crippen molar-refractivity contribution in [3.8, 4) is 0 Å². The van der Waals surface area contributed by atoms with Gasteiger partial charge in [-0.25, -0.2) is 4.79 Å². The van der Waals surface area contributed by atoms with Crippen molar-refractivity contribution in [2.45, 2.75) is 13.0 Å². The van der Waals surface area contributed by atoms with E-state index < -0.39 is 5.63 Å². The van der Waals surface area contributed by atoms with Gasteiger partial charge in [0.1, 0.15) is 12.2 Å². The molecule has 4 aromatic rings. The molecule has 0 spiro atoms. The number of rotatable bonds is 4. The molecule has 0 radical (unpaired) electrons. The highest BCUT2D eigenvalue weighted by Gasteiger charge is 2.12. The monoisotopic (exact) mass is 350 g/mol. The number of hydrogen-bond donors (Lipinski definition) is 0. The zero-order valence-corrected chi connectivity index (χ0v) is 14.0. The molecule has 25 heavy (non-hydrogen) atoms. The van der Waals surface area contributed by atoms with Crippen LogP contribution in [0.4, 0.5) is 0 Å². The summed E-state index contributed by atoms with van der Waals surface area (Å²) in [5, 5.41) is 4.73. The van der Waals surface area contributed by atoms with Crippen LogP contribution in [0.2, 0.25) is 0 Å². The average Bonchev–Trinajstić information content (AvgIpc) is 3.12. The van der Waals surface area contributed by atoms with E-state index in [1.165, 1.54) is 17.4 Å². The van der Waals surface area contributed by atoms with Crippen molar-refractivity contribution in [3.63, 3.8) is 0 Å². The molecule has 0 fully saturated rings. The van der Waals surface area contributed by atoms with Gasteiger partial charge >= 0.3 is 11.6 Å². The quantitative estimate of drug-likeness (QED) is 0.313. The lowest BCUT2D eigenvalue weighted by molar-refractivity contribution is -0.144. The van der Waals surface area contributed by atoms with Crippen LogP contribution in [-0.2, 0) is 22.6 Å². The molecule has 2 aromatic carbocycles. The first kappa shape index (κ1) is 15.6. The summed E-state index contributed by atoms with van der Waals surface area (Å²) in [5.74, 6) is -0.316. The van der Waals surface area contributed by atoms with Crippen molar-refractivity contribution < 1.29 is 13.9 Å². The third-order valence-corrected chi connectivity index (χ3v) is 4.88. The number of hydrogen-bond acceptors (Lipinski definition) is 5. The summed E-state index contributed by atoms with van der Waals surface area (Å²) >= 11 is 1.51. The smallest absolute Gasteiger partial charge is 0.336 e. The van der Waals surface area contributed by atoms with Gasteiger partial charge in [-0.1, -0.05) is 36.4 Å². The largest absolute Gasteiger partial charge is 0.461 e. The second-order valence-corrected chi connectivity index (χ2v) is 6.70. The van der Waals surface area contributed by atoms with Crippen molar-refractivity contribution in [2.75, 3.05) is 0 Å². The van der Waals surface area contributed by atoms with E-state index in [0.717, 1.165) is 21.0 Å². The molecule has 0 saturated heterocycles. The van der Waals surface area contributed by atoms with E-state index in [4.69, 9.17) is 9.15 Å². The Hall–Kier alpha value is -2.92. The zero-order chi connectivity index (χ0) is 17.2. The van der Waals surface area contributed by atoms with Crippen molar-refractivity contribution >= 4 is 39.0 Å². The van der Waals surface area contributed by atoms with Gasteiger partial charge in [0.15, 0.2) is 0 Å². The third kappa shape index (κ3) is 3.19. The summed E-state index contributed by atoms with van der Waals surface area (Å²) in [6, 6.07) is 16.7. The Kier molecular flexibility index (Phi) is 4.07. The molecule has 0 aliphatic heterocycles. The molecule has 5 heteroatoms. The molecular weight excluding hydrogens is 336 g/mol. The fraction of sp³-hybridized carbons (Fsp3) is 0.100. The summed E-state index contributed by atoms with van der Waals surface area (Å²) in [5.41, 5.74) is 0.699. The molecule has 0 unspecified atom stereocenters. The van der Waals surface area contributed by atoms with Crippen LogP contribution in [0.1, 0.15) is 10.4 Å². The molecule has 0 aliphatic rings. The average molecular weight is 350 g/mol. The fourth-order valence-electron chi connectivity index (χ4n) is 2.90. The highest BCUT2D eigenvalue weighted by Crippen LogP contribution is 2.27. The molecule has 0 amide bonds. The Bertz CT molecular complexity index is 1110. The lowest BCUT2D eigenvalue weighted by Crippen LogP contribution is -2.09. The molecule has 2 heterocycles. The SMILES string of the molecule is O=C(Cc1cccs1)OCc1cc(=O)oc2ccc3ccccc3c12. The Morgan fingerprint density at radius 1 is 1.08 bits per heavy atom. The van der Waals surface area contributed by atoms with E-state index in [9.17, 15) is 9.59 Å². The molecule has 0 atom stereocenters. The number of carbonyl (C=O) groups is 1. The van der Waals surface area contributed by atoms with Crippen LogP contribution in [0.5, 0.6) is 0 Å². The Labute approximate surface area is 147 Å². The first-order valence-electron chi connectivity index (χ1n) is 7.83. The van der Waals surface area contributed by atoms with Crippen molar-refractivity contribution in [3.05, 3.63) is 80.8 Å². The minimum absolute atomic E-state index is 0.0420. The molecular formula is C20H14O4S. The number of benzene rings is 2. The van der Waals surface area contributed by atoms with Crippen LogP contribution >= 0.6 is 11.3 Å². The van der Waals surface area contributed by atoms with Gasteiger partial charge in [0.05, 0.1) is 6.42 Å². The van der Waals surface area contributed by atoms with E-state index in [2.05, 4.69) is 0 Å². The van der Waals surface area contributed by atoms with Crippen LogP contribution in [0.3, 0.4) is 0 Å². The van der Waals surface area contributed by atoms with Crippen LogP contribution < -0.4 is 5.63 Å². The lowest BCUT2D eigenvalue weighted by Gasteiger charge is -2.09. The third-order valence-electron chi connectivity index (χ3n) is 4.00. The summed E-state index contributed by atoms with van der Waals surface area (Å²) in [6.07, 6.45) is 0.234. The minimum Gasteiger partial charge on any atom is -0.461 e. The van der Waals surface area contributed by atoms with Gasteiger partial charge in [-0.3, -0.25) is 4.79 Å². The molecule has 0 bridgehead atoms. The molecule has 4 nitrogen and oxygen atoms in total. The Balaban J connectivity index is 1.69. The van der Waals surface area contributed by atoms with E-state index >= 15 is 0 Å². The van der Waals surface area contributed by atoms with Gasteiger partial charge in [0.25, 0.3) is 0 Å². The molecule has 0 saturated carbocycles. The number of fused-ring (bicyclic) bond motifs is 3. The minimum atomic E-state index is -0.452. The Morgan fingerprint density at radius 3 is 2.80 bits per heavy atom. The van der Waals surface area contributed by atoms with Crippen LogP contribution in [-0.4, -0.2) is 5.97 Å². The summed E-state index contributed by atoms with van der Waals surface area (Å²) in [7, 11) is 0. The first-order valence-corrected chi connectivity index (χ1v) is 8.71. The number of carbonyl (C=O) groups excluding carboxylic acids is 1. The highest BCUT2D eigenvalue weighted by atomic mass is 32.1. The molecule has 124 valence electrons. The second kappa shape index (κ2) is 6.53. The predicted octanol–water partition coefficient (Wildman–Crippen LogP) is 4.29. The van der Waals surface area contributed by atoms with Gasteiger partial charge in [0, 0.05) is 21.9 Å². The van der Waals surface area contributed by atoms with Crippen molar-refractivity contribution in [1.82, 2.24) is 0 Å². The van der Waals surface area contributed by atoms with Crippen molar-refractivity contribution in [2.24, 2.45) is 0 Å². The molecule has 0 N–H and O–H groups in total. The fourth-order valence-corrected chi connectivity index (χ4v) is 3.59. The van der Waals surface area contributed by atoms with E-state index in [1.54, 1.807) is 6.07 Å². The van der Waals surface area contributed by atoms with E-state index in [-0.39, 0.29) is 19.0 Å². The lowest BCUT2D eigenvalue weighted by atomic mass is 10.0. The van der Waals surface area contributed by atoms with Crippen LogP contribution in [0, 0.1) is 0 Å². The zero-order valence-electron chi connectivity index (χ0n) is 13.2. The standard InChI is InChI=1S/C20H14O4S/c21-18(11-15-5-3-9-25-15)23-12-14-10-19(22)24-17-8-7-13-4-1-2-6-16(13)20(14)17/h1-10H,11-12H2. The van der Waals surface area contributed by atoms with Crippen LogP contribution in [0.25, 0.3) is 21.7 Å². The van der Waals surface area contributed by atoms with E-state index in [1.807, 2.05) is 47.8 Å². The maximum Gasteiger partial charge on any atom is 0.336 e. The Morgan fingerprint density at radius 2 is 1.96 bits per heavy atom. The number of esters is 1. The second-order valence-electron chi connectivity index (χ2n) is 5.67. The first-order chi connectivity index (χ1) is 12.2. The number of thiophene rings is 1. The topological polar surface area (TPSA) is 56.5 Å². The van der Waals surface area contributed by atoms with Gasteiger partial charge < -0.3 is 9.15 Å². The molecule has 0 aliphatic carbocycles. The van der Waals surface area contributed by atoms with Crippen LogP contribution in [0.15, 0.2) is 69.2 Å².